The van der Waals surface area contributed by atoms with Gasteiger partial charge in [0.15, 0.2) is 0 Å². The van der Waals surface area contributed by atoms with Gasteiger partial charge < -0.3 is 10.2 Å². The molecular weight excluding hydrogens is 264 g/mol. The van der Waals surface area contributed by atoms with Crippen LogP contribution >= 0.6 is 11.6 Å². The van der Waals surface area contributed by atoms with Gasteiger partial charge in [0.05, 0.1) is 5.92 Å². The third-order valence-corrected chi connectivity index (χ3v) is 3.38. The quantitative estimate of drug-likeness (QED) is 0.894. The van der Waals surface area contributed by atoms with Crippen molar-refractivity contribution >= 4 is 17.6 Å². The van der Waals surface area contributed by atoms with E-state index < -0.39 is 11.9 Å². The van der Waals surface area contributed by atoms with E-state index in [-0.39, 0.29) is 5.75 Å². The number of phenols is 1. The molecule has 0 saturated carbocycles. The molecule has 0 aliphatic carbocycles. The Morgan fingerprint density at radius 3 is 2.47 bits per heavy atom. The monoisotopic (exact) mass is 276 g/mol. The Morgan fingerprint density at radius 1 is 1.16 bits per heavy atom. The number of benzene rings is 2. The molecule has 0 amide bonds. The predicted octanol–water partition coefficient (Wildman–Crippen LogP) is 3.90. The van der Waals surface area contributed by atoms with Crippen LogP contribution in [-0.4, -0.2) is 16.2 Å². The molecule has 0 fully saturated rings. The number of aromatic hydroxyl groups is 1. The van der Waals surface area contributed by atoms with E-state index in [1.165, 1.54) is 6.07 Å². The third-order valence-electron chi connectivity index (χ3n) is 3.06. The lowest BCUT2D eigenvalue weighted by atomic mass is 9.95. The zero-order chi connectivity index (χ0) is 14.0. The molecule has 0 aromatic heterocycles. The van der Waals surface area contributed by atoms with Crippen molar-refractivity contribution in [2.45, 2.75) is 12.8 Å². The highest BCUT2D eigenvalue weighted by atomic mass is 35.5. The van der Waals surface area contributed by atoms with Crippen molar-refractivity contribution in [3.8, 4) is 16.9 Å². The van der Waals surface area contributed by atoms with Gasteiger partial charge in [0.2, 0.25) is 0 Å². The molecule has 1 unspecified atom stereocenters. The summed E-state index contributed by atoms with van der Waals surface area (Å²) in [6.07, 6.45) is 0. The molecule has 0 spiro atoms. The number of carboxylic acids is 1. The van der Waals surface area contributed by atoms with Gasteiger partial charge in [-0.05, 0) is 30.7 Å². The molecular formula is C15H13ClO3. The summed E-state index contributed by atoms with van der Waals surface area (Å²) < 4.78 is 0. The van der Waals surface area contributed by atoms with E-state index in [9.17, 15) is 9.90 Å². The highest BCUT2D eigenvalue weighted by Gasteiger charge is 2.16. The molecule has 0 radical (unpaired) electrons. The van der Waals surface area contributed by atoms with E-state index in [1.54, 1.807) is 37.3 Å². The van der Waals surface area contributed by atoms with Gasteiger partial charge in [0, 0.05) is 16.1 Å². The van der Waals surface area contributed by atoms with Crippen molar-refractivity contribution < 1.29 is 15.0 Å². The van der Waals surface area contributed by atoms with Crippen LogP contribution in [0.5, 0.6) is 5.75 Å². The van der Waals surface area contributed by atoms with Crippen LogP contribution in [-0.2, 0) is 4.79 Å². The smallest absolute Gasteiger partial charge is 0.310 e. The first kappa shape index (κ1) is 13.4. The maximum absolute atomic E-state index is 11.0. The first-order valence-corrected chi connectivity index (χ1v) is 6.19. The van der Waals surface area contributed by atoms with Crippen LogP contribution in [0.1, 0.15) is 18.4 Å². The number of rotatable bonds is 3. The lowest BCUT2D eigenvalue weighted by molar-refractivity contribution is -0.138. The van der Waals surface area contributed by atoms with E-state index in [0.29, 0.717) is 21.7 Å². The summed E-state index contributed by atoms with van der Waals surface area (Å²) in [5, 5.41) is 19.5. The second-order valence-corrected chi connectivity index (χ2v) is 4.72. The van der Waals surface area contributed by atoms with E-state index in [1.807, 2.05) is 6.07 Å². The number of halogens is 1. The second-order valence-electron chi connectivity index (χ2n) is 4.32. The SMILES string of the molecule is CC(C(=O)O)c1ccc(O)c(-c2ccccc2Cl)c1. The van der Waals surface area contributed by atoms with Crippen LogP contribution in [0.15, 0.2) is 42.5 Å². The van der Waals surface area contributed by atoms with E-state index in [4.69, 9.17) is 16.7 Å². The highest BCUT2D eigenvalue weighted by molar-refractivity contribution is 6.33. The Hall–Kier alpha value is -2.00. The Kier molecular flexibility index (Phi) is 3.76. The zero-order valence-corrected chi connectivity index (χ0v) is 11.1. The van der Waals surface area contributed by atoms with Crippen LogP contribution < -0.4 is 0 Å². The molecule has 2 N–H and O–H groups in total. The van der Waals surface area contributed by atoms with Gasteiger partial charge in [-0.25, -0.2) is 0 Å². The summed E-state index contributed by atoms with van der Waals surface area (Å²) in [6, 6.07) is 11.9. The Morgan fingerprint density at radius 2 is 1.84 bits per heavy atom. The maximum atomic E-state index is 11.0. The fraction of sp³-hybridized carbons (Fsp3) is 0.133. The number of carbonyl (C=O) groups is 1. The second kappa shape index (κ2) is 5.33. The van der Waals surface area contributed by atoms with Crippen molar-refractivity contribution in [2.24, 2.45) is 0 Å². The molecule has 1 atom stereocenters. The molecule has 0 bridgehead atoms. The Balaban J connectivity index is 2.55. The summed E-state index contributed by atoms with van der Waals surface area (Å²) in [5.41, 5.74) is 1.84. The maximum Gasteiger partial charge on any atom is 0.310 e. The fourth-order valence-electron chi connectivity index (χ4n) is 1.86. The summed E-state index contributed by atoms with van der Waals surface area (Å²) in [5.74, 6) is -1.47. The molecule has 2 rings (SSSR count). The normalized spacial score (nSPS) is 12.1. The first-order chi connectivity index (χ1) is 9.00. The molecule has 4 heteroatoms. The first-order valence-electron chi connectivity index (χ1n) is 5.81. The van der Waals surface area contributed by atoms with Crippen molar-refractivity contribution in [3.63, 3.8) is 0 Å². The van der Waals surface area contributed by atoms with E-state index in [2.05, 4.69) is 0 Å². The molecule has 98 valence electrons. The largest absolute Gasteiger partial charge is 0.507 e. The molecule has 19 heavy (non-hydrogen) atoms. The van der Waals surface area contributed by atoms with E-state index >= 15 is 0 Å². The number of aliphatic carboxylic acids is 1. The number of carboxylic acid groups (broad SMARTS) is 1. The van der Waals surface area contributed by atoms with Gasteiger partial charge in [0.25, 0.3) is 0 Å². The molecule has 3 nitrogen and oxygen atoms in total. The molecule has 2 aromatic rings. The molecule has 2 aromatic carbocycles. The van der Waals surface area contributed by atoms with E-state index in [0.717, 1.165) is 0 Å². The van der Waals surface area contributed by atoms with Gasteiger partial charge in [-0.15, -0.1) is 0 Å². The number of phenolic OH excluding ortho intramolecular Hbond substituents is 1. The molecule has 0 aliphatic rings. The minimum Gasteiger partial charge on any atom is -0.507 e. The summed E-state index contributed by atoms with van der Waals surface area (Å²) >= 11 is 6.10. The summed E-state index contributed by atoms with van der Waals surface area (Å²) in [4.78, 5) is 11.0. The standard InChI is InChI=1S/C15H13ClO3/c1-9(15(18)19)10-6-7-14(17)12(8-10)11-4-2-3-5-13(11)16/h2-9,17H,1H3,(H,18,19). The highest BCUT2D eigenvalue weighted by Crippen LogP contribution is 2.36. The minimum absolute atomic E-state index is 0.0782. The third kappa shape index (κ3) is 2.71. The van der Waals surface area contributed by atoms with Crippen molar-refractivity contribution in [3.05, 3.63) is 53.1 Å². The number of hydrogen-bond acceptors (Lipinski definition) is 2. The van der Waals surface area contributed by atoms with Crippen LogP contribution in [0.4, 0.5) is 0 Å². The van der Waals surface area contributed by atoms with Crippen LogP contribution in [0, 0.1) is 0 Å². The van der Waals surface area contributed by atoms with Crippen molar-refractivity contribution in [1.82, 2.24) is 0 Å². The lowest BCUT2D eigenvalue weighted by Crippen LogP contribution is -2.07. The summed E-state index contributed by atoms with van der Waals surface area (Å²) in [6.45, 7) is 1.60. The Labute approximate surface area is 116 Å². The number of hydrogen-bond donors (Lipinski definition) is 2. The predicted molar refractivity (Wildman–Crippen MR) is 74.6 cm³/mol. The topological polar surface area (TPSA) is 57.5 Å². The lowest BCUT2D eigenvalue weighted by Gasteiger charge is -2.12. The van der Waals surface area contributed by atoms with Crippen molar-refractivity contribution in [2.75, 3.05) is 0 Å². The van der Waals surface area contributed by atoms with Gasteiger partial charge in [-0.2, -0.15) is 0 Å². The molecule has 0 aliphatic heterocycles. The summed E-state index contributed by atoms with van der Waals surface area (Å²) in [7, 11) is 0. The average molecular weight is 277 g/mol. The molecule has 0 saturated heterocycles. The van der Waals surface area contributed by atoms with Crippen LogP contribution in [0.3, 0.4) is 0 Å². The van der Waals surface area contributed by atoms with Crippen LogP contribution in [0.2, 0.25) is 5.02 Å². The van der Waals surface area contributed by atoms with Gasteiger partial charge >= 0.3 is 5.97 Å². The zero-order valence-electron chi connectivity index (χ0n) is 10.3. The van der Waals surface area contributed by atoms with Gasteiger partial charge in [-0.3, -0.25) is 4.79 Å². The average Bonchev–Trinajstić information content (AvgIpc) is 2.39. The Bertz CT molecular complexity index is 623. The van der Waals surface area contributed by atoms with Crippen molar-refractivity contribution in [1.29, 1.82) is 0 Å². The molecule has 0 heterocycles. The van der Waals surface area contributed by atoms with Gasteiger partial charge in [-0.1, -0.05) is 35.9 Å². The fourth-order valence-corrected chi connectivity index (χ4v) is 2.10. The van der Waals surface area contributed by atoms with Gasteiger partial charge in [0.1, 0.15) is 5.75 Å². The van der Waals surface area contributed by atoms with Crippen LogP contribution in [0.25, 0.3) is 11.1 Å². The minimum atomic E-state index is -0.907.